The molecule has 2 fully saturated rings. The SMILES string of the molecule is CC1CCC(C=O)(CN2CC(C)CCC2C)CC1. The highest BCUT2D eigenvalue weighted by Crippen LogP contribution is 2.39. The third-order valence-electron chi connectivity index (χ3n) is 5.28. The number of carbonyl (C=O) groups is 1. The van der Waals surface area contributed by atoms with Crippen molar-refractivity contribution < 1.29 is 4.79 Å². The summed E-state index contributed by atoms with van der Waals surface area (Å²) in [7, 11) is 0. The molecule has 1 aliphatic carbocycles. The van der Waals surface area contributed by atoms with E-state index in [0.29, 0.717) is 6.04 Å². The summed E-state index contributed by atoms with van der Waals surface area (Å²) in [5, 5.41) is 0. The number of nitrogens with zero attached hydrogens (tertiary/aromatic N) is 1. The van der Waals surface area contributed by atoms with Gasteiger partial charge in [-0.05, 0) is 57.3 Å². The quantitative estimate of drug-likeness (QED) is 0.716. The Balaban J connectivity index is 1.98. The van der Waals surface area contributed by atoms with E-state index < -0.39 is 0 Å². The average molecular weight is 251 g/mol. The van der Waals surface area contributed by atoms with Crippen molar-refractivity contribution in [1.29, 1.82) is 0 Å². The first-order valence-electron chi connectivity index (χ1n) is 7.75. The summed E-state index contributed by atoms with van der Waals surface area (Å²) < 4.78 is 0. The topological polar surface area (TPSA) is 20.3 Å². The highest BCUT2D eigenvalue weighted by atomic mass is 16.1. The Labute approximate surface area is 112 Å². The summed E-state index contributed by atoms with van der Waals surface area (Å²) >= 11 is 0. The second-order valence-corrected chi connectivity index (χ2v) is 7.12. The van der Waals surface area contributed by atoms with Crippen LogP contribution in [-0.4, -0.2) is 30.3 Å². The second-order valence-electron chi connectivity index (χ2n) is 7.12. The first kappa shape index (κ1) is 14.0. The number of aldehydes is 1. The van der Waals surface area contributed by atoms with E-state index in [4.69, 9.17) is 0 Å². The molecule has 2 nitrogen and oxygen atoms in total. The molecule has 0 amide bonds. The molecular weight excluding hydrogens is 222 g/mol. The van der Waals surface area contributed by atoms with Crippen molar-refractivity contribution in [3.8, 4) is 0 Å². The van der Waals surface area contributed by atoms with Crippen LogP contribution in [0.1, 0.15) is 59.3 Å². The zero-order valence-corrected chi connectivity index (χ0v) is 12.3. The predicted octanol–water partition coefficient (Wildman–Crippen LogP) is 3.50. The Bertz CT molecular complexity index is 281. The van der Waals surface area contributed by atoms with Crippen molar-refractivity contribution in [1.82, 2.24) is 4.90 Å². The predicted molar refractivity (Wildman–Crippen MR) is 75.6 cm³/mol. The molecule has 0 radical (unpaired) electrons. The molecule has 0 bridgehead atoms. The molecule has 0 aromatic rings. The second kappa shape index (κ2) is 5.73. The van der Waals surface area contributed by atoms with Crippen LogP contribution >= 0.6 is 0 Å². The van der Waals surface area contributed by atoms with Gasteiger partial charge in [0.2, 0.25) is 0 Å². The van der Waals surface area contributed by atoms with Crippen molar-refractivity contribution in [2.75, 3.05) is 13.1 Å². The van der Waals surface area contributed by atoms with Crippen LogP contribution in [0.25, 0.3) is 0 Å². The Morgan fingerprint density at radius 3 is 2.33 bits per heavy atom. The maximum absolute atomic E-state index is 11.6. The average Bonchev–Trinajstić information content (AvgIpc) is 2.37. The summed E-state index contributed by atoms with van der Waals surface area (Å²) in [5.41, 5.74) is -0.0299. The largest absolute Gasteiger partial charge is 0.303 e. The van der Waals surface area contributed by atoms with Crippen molar-refractivity contribution in [3.63, 3.8) is 0 Å². The van der Waals surface area contributed by atoms with Crippen LogP contribution < -0.4 is 0 Å². The Morgan fingerprint density at radius 2 is 1.72 bits per heavy atom. The fourth-order valence-corrected chi connectivity index (χ4v) is 3.65. The molecule has 1 heterocycles. The molecule has 18 heavy (non-hydrogen) atoms. The number of likely N-dealkylation sites (tertiary alicyclic amines) is 1. The van der Waals surface area contributed by atoms with Crippen molar-refractivity contribution in [2.45, 2.75) is 65.3 Å². The van der Waals surface area contributed by atoms with E-state index in [1.807, 2.05) is 0 Å². The van der Waals surface area contributed by atoms with Crippen LogP contribution in [-0.2, 0) is 4.79 Å². The lowest BCUT2D eigenvalue weighted by atomic mass is 9.71. The number of rotatable bonds is 3. The number of carbonyl (C=O) groups excluding carboxylic acids is 1. The highest BCUT2D eigenvalue weighted by molar-refractivity contribution is 5.60. The fraction of sp³-hybridized carbons (Fsp3) is 0.938. The molecule has 0 spiro atoms. The summed E-state index contributed by atoms with van der Waals surface area (Å²) in [6, 6.07) is 0.664. The molecule has 2 aliphatic rings. The molecule has 1 saturated carbocycles. The van der Waals surface area contributed by atoms with Crippen molar-refractivity contribution >= 4 is 6.29 Å². The van der Waals surface area contributed by atoms with Gasteiger partial charge in [-0.2, -0.15) is 0 Å². The molecule has 0 aromatic heterocycles. The van der Waals surface area contributed by atoms with Gasteiger partial charge in [-0.1, -0.05) is 13.8 Å². The van der Waals surface area contributed by atoms with Gasteiger partial charge in [-0.3, -0.25) is 4.90 Å². The first-order chi connectivity index (χ1) is 8.54. The smallest absolute Gasteiger partial charge is 0.127 e. The number of hydrogen-bond acceptors (Lipinski definition) is 2. The van der Waals surface area contributed by atoms with Gasteiger partial charge in [0.1, 0.15) is 6.29 Å². The van der Waals surface area contributed by atoms with Crippen LogP contribution in [0, 0.1) is 17.3 Å². The Hall–Kier alpha value is -0.370. The van der Waals surface area contributed by atoms with Crippen LogP contribution in [0.3, 0.4) is 0 Å². The van der Waals surface area contributed by atoms with E-state index in [9.17, 15) is 4.79 Å². The fourth-order valence-electron chi connectivity index (χ4n) is 3.65. The van der Waals surface area contributed by atoms with Gasteiger partial charge in [0.05, 0.1) is 0 Å². The maximum atomic E-state index is 11.6. The van der Waals surface area contributed by atoms with Gasteiger partial charge in [0.25, 0.3) is 0 Å². The summed E-state index contributed by atoms with van der Waals surface area (Å²) in [4.78, 5) is 14.2. The summed E-state index contributed by atoms with van der Waals surface area (Å²) in [6.07, 6.45) is 8.61. The van der Waals surface area contributed by atoms with Crippen LogP contribution in [0.2, 0.25) is 0 Å². The molecule has 1 saturated heterocycles. The van der Waals surface area contributed by atoms with E-state index in [-0.39, 0.29) is 5.41 Å². The highest BCUT2D eigenvalue weighted by Gasteiger charge is 2.37. The minimum absolute atomic E-state index is 0.0299. The summed E-state index contributed by atoms with van der Waals surface area (Å²) in [5.74, 6) is 1.61. The molecule has 1 aliphatic heterocycles. The van der Waals surface area contributed by atoms with Gasteiger partial charge in [0, 0.05) is 24.5 Å². The molecule has 2 rings (SSSR count). The van der Waals surface area contributed by atoms with E-state index >= 15 is 0 Å². The minimum atomic E-state index is -0.0299. The molecule has 0 N–H and O–H groups in total. The maximum Gasteiger partial charge on any atom is 0.127 e. The number of piperidine rings is 1. The van der Waals surface area contributed by atoms with E-state index in [1.54, 1.807) is 0 Å². The zero-order valence-electron chi connectivity index (χ0n) is 12.3. The monoisotopic (exact) mass is 251 g/mol. The van der Waals surface area contributed by atoms with Crippen LogP contribution in [0.5, 0.6) is 0 Å². The molecule has 2 atom stereocenters. The van der Waals surface area contributed by atoms with Crippen LogP contribution in [0.4, 0.5) is 0 Å². The molecule has 104 valence electrons. The molecule has 2 unspecified atom stereocenters. The van der Waals surface area contributed by atoms with Crippen molar-refractivity contribution in [3.05, 3.63) is 0 Å². The standard InChI is InChI=1S/C16H29NO/c1-13-6-8-16(12-18,9-7-13)11-17-10-14(2)4-5-15(17)3/h12-15H,4-11H2,1-3H3. The van der Waals surface area contributed by atoms with Gasteiger partial charge < -0.3 is 4.79 Å². The molecule has 0 aromatic carbocycles. The number of hydrogen-bond donors (Lipinski definition) is 0. The lowest BCUT2D eigenvalue weighted by Gasteiger charge is -2.44. The van der Waals surface area contributed by atoms with Crippen molar-refractivity contribution in [2.24, 2.45) is 17.3 Å². The molecular formula is C16H29NO. The Morgan fingerprint density at radius 1 is 1.06 bits per heavy atom. The Kier molecular flexibility index (Phi) is 4.47. The van der Waals surface area contributed by atoms with E-state index in [0.717, 1.165) is 31.2 Å². The third-order valence-corrected chi connectivity index (χ3v) is 5.28. The molecule has 2 heteroatoms. The lowest BCUT2D eigenvalue weighted by Crippen LogP contribution is -2.48. The van der Waals surface area contributed by atoms with E-state index in [1.165, 1.54) is 38.5 Å². The van der Waals surface area contributed by atoms with Gasteiger partial charge in [-0.25, -0.2) is 0 Å². The minimum Gasteiger partial charge on any atom is -0.303 e. The van der Waals surface area contributed by atoms with Crippen LogP contribution in [0.15, 0.2) is 0 Å². The summed E-state index contributed by atoms with van der Waals surface area (Å²) in [6.45, 7) is 9.19. The van der Waals surface area contributed by atoms with Gasteiger partial charge in [0.15, 0.2) is 0 Å². The first-order valence-corrected chi connectivity index (χ1v) is 7.75. The third kappa shape index (κ3) is 3.14. The normalized spacial score (nSPS) is 42.7. The van der Waals surface area contributed by atoms with E-state index in [2.05, 4.69) is 25.7 Å². The lowest BCUT2D eigenvalue weighted by molar-refractivity contribution is -0.120. The van der Waals surface area contributed by atoms with Gasteiger partial charge >= 0.3 is 0 Å². The van der Waals surface area contributed by atoms with Gasteiger partial charge in [-0.15, -0.1) is 0 Å². The zero-order chi connectivity index (χ0) is 13.2.